The van der Waals surface area contributed by atoms with Gasteiger partial charge in [-0.1, -0.05) is 0 Å². The number of carbonyl (C=O) groups excluding carboxylic acids is 2. The third kappa shape index (κ3) is 3.90. The van der Waals surface area contributed by atoms with Gasteiger partial charge in [0.05, 0.1) is 6.26 Å². The van der Waals surface area contributed by atoms with E-state index in [0.29, 0.717) is 24.4 Å². The fraction of sp³-hybridized carbons (Fsp3) is 0.333. The third-order valence-corrected chi connectivity index (χ3v) is 5.83. The molecule has 0 saturated carbocycles. The molecule has 6 heteroatoms. The summed E-state index contributed by atoms with van der Waals surface area (Å²) < 4.78 is 7.43. The number of carbonyl (C=O) groups is 2. The topological polar surface area (TPSA) is 67.5 Å². The Hall–Kier alpha value is -3.28. The molecule has 1 fully saturated rings. The second-order valence-electron chi connectivity index (χ2n) is 7.97. The van der Waals surface area contributed by atoms with Gasteiger partial charge < -0.3 is 19.2 Å². The zero-order chi connectivity index (χ0) is 21.3. The Kier molecular flexibility index (Phi) is 5.48. The largest absolute Gasteiger partial charge is 0.459 e. The lowest BCUT2D eigenvalue weighted by Gasteiger charge is -2.32. The number of benzene rings is 1. The van der Waals surface area contributed by atoms with Crippen molar-refractivity contribution in [1.29, 1.82) is 0 Å². The molecule has 156 valence electrons. The van der Waals surface area contributed by atoms with Crippen molar-refractivity contribution in [2.75, 3.05) is 13.1 Å². The smallest absolute Gasteiger partial charge is 0.287 e. The normalized spacial score (nSPS) is 14.7. The number of hydrogen-bond donors (Lipinski definition) is 1. The molecular formula is C24H27N3O3. The van der Waals surface area contributed by atoms with Gasteiger partial charge in [-0.2, -0.15) is 0 Å². The van der Waals surface area contributed by atoms with Crippen molar-refractivity contribution in [3.05, 3.63) is 77.0 Å². The number of nitrogens with one attached hydrogen (secondary N) is 1. The van der Waals surface area contributed by atoms with Crippen LogP contribution in [-0.4, -0.2) is 40.4 Å². The van der Waals surface area contributed by atoms with Crippen LogP contribution in [-0.2, 0) is 0 Å². The average molecular weight is 405 g/mol. The molecule has 4 rings (SSSR count). The van der Waals surface area contributed by atoms with Crippen molar-refractivity contribution in [2.24, 2.45) is 0 Å². The van der Waals surface area contributed by atoms with Crippen molar-refractivity contribution in [3.8, 4) is 5.69 Å². The van der Waals surface area contributed by atoms with E-state index in [0.717, 1.165) is 24.1 Å². The SMILES string of the molecule is Cc1ccoc1C(=O)NC1CCN(C(=O)c2ccc(-n3c(C)ccc3C)cc2)CC1. The quantitative estimate of drug-likeness (QED) is 0.713. The Bertz CT molecular complexity index is 1030. The third-order valence-electron chi connectivity index (χ3n) is 5.83. The molecule has 1 saturated heterocycles. The average Bonchev–Trinajstić information content (AvgIpc) is 3.33. The Balaban J connectivity index is 1.35. The zero-order valence-electron chi connectivity index (χ0n) is 17.6. The molecule has 0 aliphatic carbocycles. The van der Waals surface area contributed by atoms with Crippen LogP contribution in [0.3, 0.4) is 0 Å². The van der Waals surface area contributed by atoms with Gasteiger partial charge in [-0.25, -0.2) is 0 Å². The van der Waals surface area contributed by atoms with Gasteiger partial charge in [0, 0.05) is 47.3 Å². The summed E-state index contributed by atoms with van der Waals surface area (Å²) in [5.41, 5.74) is 4.91. The highest BCUT2D eigenvalue weighted by molar-refractivity contribution is 5.95. The predicted octanol–water partition coefficient (Wildman–Crippen LogP) is 4.03. The molecule has 1 aromatic carbocycles. The van der Waals surface area contributed by atoms with Crippen molar-refractivity contribution in [2.45, 2.75) is 39.7 Å². The van der Waals surface area contributed by atoms with Crippen LogP contribution in [0.2, 0.25) is 0 Å². The molecule has 0 unspecified atom stereocenters. The molecule has 3 heterocycles. The van der Waals surface area contributed by atoms with Crippen molar-refractivity contribution in [3.63, 3.8) is 0 Å². The number of amides is 2. The first-order valence-electron chi connectivity index (χ1n) is 10.3. The Morgan fingerprint density at radius 3 is 2.13 bits per heavy atom. The maximum atomic E-state index is 12.9. The van der Waals surface area contributed by atoms with E-state index < -0.39 is 0 Å². The molecule has 0 spiro atoms. The van der Waals surface area contributed by atoms with Gasteiger partial charge in [-0.3, -0.25) is 9.59 Å². The van der Waals surface area contributed by atoms with Crippen LogP contribution in [0.25, 0.3) is 5.69 Å². The second-order valence-corrected chi connectivity index (χ2v) is 7.97. The summed E-state index contributed by atoms with van der Waals surface area (Å²) in [4.78, 5) is 27.1. The van der Waals surface area contributed by atoms with Crippen LogP contribution in [0.15, 0.2) is 53.1 Å². The molecule has 1 N–H and O–H groups in total. The number of aromatic nitrogens is 1. The van der Waals surface area contributed by atoms with Crippen LogP contribution in [0.5, 0.6) is 0 Å². The fourth-order valence-corrected chi connectivity index (χ4v) is 4.09. The number of piperidine rings is 1. The summed E-state index contributed by atoms with van der Waals surface area (Å²) >= 11 is 0. The number of hydrogen-bond acceptors (Lipinski definition) is 3. The standard InChI is InChI=1S/C24H27N3O3/c1-16-12-15-30-22(16)23(28)25-20-10-13-26(14-11-20)24(29)19-6-8-21(9-7-19)27-17(2)4-5-18(27)3/h4-9,12,15,20H,10-11,13-14H2,1-3H3,(H,25,28). The van der Waals surface area contributed by atoms with E-state index in [1.165, 1.54) is 17.7 Å². The minimum absolute atomic E-state index is 0.0363. The minimum atomic E-state index is -0.187. The van der Waals surface area contributed by atoms with Gasteiger partial charge in [-0.05, 0) is 76.1 Å². The molecule has 0 bridgehead atoms. The summed E-state index contributed by atoms with van der Waals surface area (Å²) in [6.07, 6.45) is 2.99. The highest BCUT2D eigenvalue weighted by atomic mass is 16.3. The number of aryl methyl sites for hydroxylation is 3. The number of rotatable bonds is 4. The number of furan rings is 1. The Morgan fingerprint density at radius 2 is 1.57 bits per heavy atom. The van der Waals surface area contributed by atoms with Gasteiger partial charge in [-0.15, -0.1) is 0 Å². The molecular weight excluding hydrogens is 378 g/mol. The van der Waals surface area contributed by atoms with Crippen LogP contribution >= 0.6 is 0 Å². The van der Waals surface area contributed by atoms with Gasteiger partial charge in [0.2, 0.25) is 0 Å². The molecule has 1 aliphatic heterocycles. The van der Waals surface area contributed by atoms with Crippen molar-refractivity contribution >= 4 is 11.8 Å². The van der Waals surface area contributed by atoms with Crippen LogP contribution in [0.1, 0.15) is 50.7 Å². The first-order valence-corrected chi connectivity index (χ1v) is 10.3. The van der Waals surface area contributed by atoms with Gasteiger partial charge >= 0.3 is 0 Å². The van der Waals surface area contributed by atoms with E-state index in [1.807, 2.05) is 36.1 Å². The summed E-state index contributed by atoms with van der Waals surface area (Å²) in [5, 5.41) is 3.02. The minimum Gasteiger partial charge on any atom is -0.459 e. The second kappa shape index (κ2) is 8.22. The van der Waals surface area contributed by atoms with Gasteiger partial charge in [0.15, 0.2) is 5.76 Å². The maximum absolute atomic E-state index is 12.9. The lowest BCUT2D eigenvalue weighted by atomic mass is 10.0. The van der Waals surface area contributed by atoms with Gasteiger partial charge in [0.1, 0.15) is 0 Å². The first-order chi connectivity index (χ1) is 14.4. The number of likely N-dealkylation sites (tertiary alicyclic amines) is 1. The van der Waals surface area contributed by atoms with Crippen LogP contribution in [0, 0.1) is 20.8 Å². The van der Waals surface area contributed by atoms with Crippen molar-refractivity contribution < 1.29 is 14.0 Å². The van der Waals surface area contributed by atoms with E-state index >= 15 is 0 Å². The first kappa shape index (κ1) is 20.0. The van der Waals surface area contributed by atoms with E-state index in [9.17, 15) is 9.59 Å². The molecule has 0 radical (unpaired) electrons. The Morgan fingerprint density at radius 1 is 0.933 bits per heavy atom. The highest BCUT2D eigenvalue weighted by Crippen LogP contribution is 2.19. The predicted molar refractivity (Wildman–Crippen MR) is 115 cm³/mol. The molecule has 2 amide bonds. The summed E-state index contributed by atoms with van der Waals surface area (Å²) in [7, 11) is 0. The van der Waals surface area contributed by atoms with Crippen molar-refractivity contribution in [1.82, 2.24) is 14.8 Å². The number of nitrogens with zero attached hydrogens (tertiary/aromatic N) is 2. The summed E-state index contributed by atoms with van der Waals surface area (Å²) in [6, 6.07) is 13.8. The van der Waals surface area contributed by atoms with Crippen LogP contribution in [0.4, 0.5) is 0 Å². The molecule has 1 aliphatic rings. The fourth-order valence-electron chi connectivity index (χ4n) is 4.09. The monoisotopic (exact) mass is 405 g/mol. The lowest BCUT2D eigenvalue weighted by molar-refractivity contribution is 0.0695. The lowest BCUT2D eigenvalue weighted by Crippen LogP contribution is -2.46. The van der Waals surface area contributed by atoms with Crippen LogP contribution < -0.4 is 5.32 Å². The van der Waals surface area contributed by atoms with E-state index in [2.05, 4.69) is 35.9 Å². The van der Waals surface area contributed by atoms with E-state index in [-0.39, 0.29) is 17.9 Å². The Labute approximate surface area is 176 Å². The molecule has 6 nitrogen and oxygen atoms in total. The van der Waals surface area contributed by atoms with E-state index in [4.69, 9.17) is 4.42 Å². The summed E-state index contributed by atoms with van der Waals surface area (Å²) in [6.45, 7) is 7.24. The molecule has 0 atom stereocenters. The van der Waals surface area contributed by atoms with Gasteiger partial charge in [0.25, 0.3) is 11.8 Å². The zero-order valence-corrected chi connectivity index (χ0v) is 17.6. The van der Waals surface area contributed by atoms with E-state index in [1.54, 1.807) is 6.07 Å². The molecule has 30 heavy (non-hydrogen) atoms. The summed E-state index contributed by atoms with van der Waals surface area (Å²) in [5.74, 6) is 0.212. The highest BCUT2D eigenvalue weighted by Gasteiger charge is 2.26. The maximum Gasteiger partial charge on any atom is 0.287 e. The molecule has 2 aromatic heterocycles. The molecule has 3 aromatic rings.